The molecule has 3 aromatic heterocycles. The molecule has 0 saturated carbocycles. The number of fused-ring (bicyclic) bond motifs is 1. The molecule has 5 rings (SSSR count). The van der Waals surface area contributed by atoms with Gasteiger partial charge < -0.3 is 15.5 Å². The van der Waals surface area contributed by atoms with Crippen LogP contribution in [0.2, 0.25) is 0 Å². The van der Waals surface area contributed by atoms with E-state index in [9.17, 15) is 22.4 Å². The molecule has 4 heterocycles. The number of benzene rings is 1. The molecule has 0 unspecified atom stereocenters. The van der Waals surface area contributed by atoms with Crippen molar-refractivity contribution >= 4 is 23.1 Å². The fourth-order valence-electron chi connectivity index (χ4n) is 4.63. The first-order valence-corrected chi connectivity index (χ1v) is 13.7. The van der Waals surface area contributed by atoms with E-state index in [4.69, 9.17) is 0 Å². The van der Waals surface area contributed by atoms with Crippen LogP contribution in [0.15, 0.2) is 48.8 Å². The predicted molar refractivity (Wildman–Crippen MR) is 154 cm³/mol. The normalized spacial score (nSPS) is 14.5. The molecule has 1 aliphatic rings. The highest BCUT2D eigenvalue weighted by Gasteiger charge is 2.34. The number of nitrogens with one attached hydrogen (secondary N) is 2. The minimum Gasteiger partial charge on any atom is -0.366 e. The number of hydrogen-bond acceptors (Lipinski definition) is 7. The van der Waals surface area contributed by atoms with Crippen LogP contribution < -0.4 is 10.6 Å². The van der Waals surface area contributed by atoms with Crippen LogP contribution >= 0.6 is 0 Å². The fourth-order valence-corrected chi connectivity index (χ4v) is 4.63. The van der Waals surface area contributed by atoms with E-state index in [0.717, 1.165) is 25.4 Å². The Morgan fingerprint density at radius 1 is 1.02 bits per heavy atom. The van der Waals surface area contributed by atoms with Gasteiger partial charge in [-0.25, -0.2) is 14.5 Å². The molecule has 224 valence electrons. The first kappa shape index (κ1) is 29.9. The lowest BCUT2D eigenvalue weighted by molar-refractivity contribution is -0.138. The summed E-state index contributed by atoms with van der Waals surface area (Å²) in [4.78, 5) is 24.9. The molecule has 0 bridgehead atoms. The minimum atomic E-state index is -4.61. The highest BCUT2D eigenvalue weighted by molar-refractivity contribution is 6.04. The van der Waals surface area contributed by atoms with Gasteiger partial charge in [-0.05, 0) is 62.7 Å². The Morgan fingerprint density at radius 2 is 1.79 bits per heavy atom. The van der Waals surface area contributed by atoms with Crippen molar-refractivity contribution in [1.29, 1.82) is 0 Å². The summed E-state index contributed by atoms with van der Waals surface area (Å²) in [5.41, 5.74) is -0.0466. The summed E-state index contributed by atoms with van der Waals surface area (Å²) < 4.78 is 57.9. The van der Waals surface area contributed by atoms with Crippen LogP contribution in [0.3, 0.4) is 0 Å². The molecule has 4 aromatic rings. The van der Waals surface area contributed by atoms with Crippen molar-refractivity contribution in [2.45, 2.75) is 32.6 Å². The number of hydrogen-bond donors (Lipinski definition) is 2. The van der Waals surface area contributed by atoms with E-state index in [1.165, 1.54) is 28.9 Å². The lowest BCUT2D eigenvalue weighted by Gasteiger charge is -2.33. The third kappa shape index (κ3) is 7.28. The second kappa shape index (κ2) is 12.4. The van der Waals surface area contributed by atoms with E-state index >= 15 is 0 Å². The summed E-state index contributed by atoms with van der Waals surface area (Å²) >= 11 is 0. The van der Waals surface area contributed by atoms with Gasteiger partial charge in [-0.1, -0.05) is 12.0 Å². The van der Waals surface area contributed by atoms with E-state index < -0.39 is 23.6 Å². The first-order chi connectivity index (χ1) is 20.5. The molecule has 1 aliphatic heterocycles. The van der Waals surface area contributed by atoms with Crippen LogP contribution in [0.4, 0.5) is 29.1 Å². The van der Waals surface area contributed by atoms with E-state index in [1.807, 2.05) is 25.8 Å². The molecule has 0 radical (unpaired) electrons. The number of nitrogens with zero attached hydrogens (tertiary/aromatic N) is 6. The predicted octanol–water partition coefficient (Wildman–Crippen LogP) is 4.50. The lowest BCUT2D eigenvalue weighted by Crippen LogP contribution is -2.44. The standard InChI is InChI=1S/C30H30F4N8O/c1-19(2)37-26-8-9-27-35-17-24(42(27)39-26)7-5-20-14-22(16-36-28(20)31)29(43)38-23-6-4-21(25(15-23)30(32,33)34)18-41-12-10-40(3)11-13-41/h4,6,8-9,14-17,19H,10-13,18H2,1-3H3,(H,37,39)(H,38,43). The topological polar surface area (TPSA) is 90.7 Å². The highest BCUT2D eigenvalue weighted by Crippen LogP contribution is 2.34. The quantitative estimate of drug-likeness (QED) is 0.193. The van der Waals surface area contributed by atoms with Crippen LogP contribution in [0.5, 0.6) is 0 Å². The average Bonchev–Trinajstić information content (AvgIpc) is 3.35. The SMILES string of the molecule is CC(C)Nc1ccc2ncc(C#Cc3cc(C(=O)Nc4ccc(CN5CCN(C)CC5)c(C(F)(F)F)c4)cnc3F)n2n1. The largest absolute Gasteiger partial charge is 0.416 e. The Hall–Kier alpha value is -4.54. The number of likely N-dealkylation sites (N-methyl/N-ethyl adjacent to an activating group) is 1. The molecule has 0 spiro atoms. The monoisotopic (exact) mass is 594 g/mol. The number of rotatable bonds is 6. The number of carbonyl (C=O) groups excluding carboxylic acids is 1. The smallest absolute Gasteiger partial charge is 0.366 e. The van der Waals surface area contributed by atoms with Gasteiger partial charge in [0.15, 0.2) is 5.65 Å². The van der Waals surface area contributed by atoms with Crippen molar-refractivity contribution in [2.24, 2.45) is 0 Å². The molecule has 0 aliphatic carbocycles. The number of aromatic nitrogens is 4. The van der Waals surface area contributed by atoms with Gasteiger partial charge in [-0.2, -0.15) is 17.6 Å². The molecule has 1 aromatic carbocycles. The van der Waals surface area contributed by atoms with Crippen molar-refractivity contribution in [3.05, 3.63) is 82.7 Å². The van der Waals surface area contributed by atoms with E-state index in [0.29, 0.717) is 30.2 Å². The Balaban J connectivity index is 1.35. The molecule has 43 heavy (non-hydrogen) atoms. The maximum atomic E-state index is 14.5. The number of alkyl halides is 3. The van der Waals surface area contributed by atoms with Crippen molar-refractivity contribution in [1.82, 2.24) is 29.4 Å². The van der Waals surface area contributed by atoms with Gasteiger partial charge in [0.25, 0.3) is 5.91 Å². The second-order valence-corrected chi connectivity index (χ2v) is 10.6. The maximum absolute atomic E-state index is 14.5. The molecule has 1 amide bonds. The second-order valence-electron chi connectivity index (χ2n) is 10.6. The third-order valence-corrected chi connectivity index (χ3v) is 6.89. The van der Waals surface area contributed by atoms with Crippen LogP contribution in [0.25, 0.3) is 5.65 Å². The number of anilines is 2. The molecular formula is C30H30F4N8O. The summed E-state index contributed by atoms with van der Waals surface area (Å²) in [7, 11) is 1.97. The average molecular weight is 595 g/mol. The number of imidazole rings is 1. The zero-order chi connectivity index (χ0) is 30.7. The molecule has 1 fully saturated rings. The number of piperazine rings is 1. The summed E-state index contributed by atoms with van der Waals surface area (Å²) in [5, 5.41) is 10.1. The van der Waals surface area contributed by atoms with Crippen LogP contribution in [-0.4, -0.2) is 74.6 Å². The molecule has 9 nitrogen and oxygen atoms in total. The summed E-state index contributed by atoms with van der Waals surface area (Å²) in [6, 6.07) is 8.61. The van der Waals surface area contributed by atoms with Crippen molar-refractivity contribution < 1.29 is 22.4 Å². The molecule has 0 atom stereocenters. The van der Waals surface area contributed by atoms with E-state index in [-0.39, 0.29) is 35.0 Å². The number of halogens is 4. The highest BCUT2D eigenvalue weighted by atomic mass is 19.4. The van der Waals surface area contributed by atoms with Gasteiger partial charge in [0.05, 0.1) is 22.9 Å². The van der Waals surface area contributed by atoms with Gasteiger partial charge in [0, 0.05) is 50.6 Å². The summed E-state index contributed by atoms with van der Waals surface area (Å²) in [6.07, 6.45) is -2.12. The van der Waals surface area contributed by atoms with E-state index in [2.05, 4.69) is 42.4 Å². The number of carbonyl (C=O) groups is 1. The Bertz CT molecular complexity index is 1700. The Kier molecular flexibility index (Phi) is 8.61. The van der Waals surface area contributed by atoms with Crippen LogP contribution in [0.1, 0.15) is 46.6 Å². The van der Waals surface area contributed by atoms with Crippen molar-refractivity contribution in [2.75, 3.05) is 43.9 Å². The molecule has 2 N–H and O–H groups in total. The number of pyridine rings is 1. The molecule has 13 heteroatoms. The van der Waals surface area contributed by atoms with Gasteiger partial charge >= 0.3 is 6.18 Å². The van der Waals surface area contributed by atoms with Gasteiger partial charge in [-0.15, -0.1) is 5.10 Å². The Labute approximate surface area is 245 Å². The minimum absolute atomic E-state index is 0.0426. The van der Waals surface area contributed by atoms with Crippen LogP contribution in [0, 0.1) is 17.8 Å². The van der Waals surface area contributed by atoms with Crippen molar-refractivity contribution in [3.63, 3.8) is 0 Å². The maximum Gasteiger partial charge on any atom is 0.416 e. The van der Waals surface area contributed by atoms with Crippen LogP contribution in [-0.2, 0) is 12.7 Å². The zero-order valence-corrected chi connectivity index (χ0v) is 23.8. The first-order valence-electron chi connectivity index (χ1n) is 13.7. The van der Waals surface area contributed by atoms with Gasteiger partial charge in [0.1, 0.15) is 11.5 Å². The zero-order valence-electron chi connectivity index (χ0n) is 23.8. The fraction of sp³-hybridized carbons (Fsp3) is 0.333. The summed E-state index contributed by atoms with van der Waals surface area (Å²) in [5.74, 6) is 4.42. The van der Waals surface area contributed by atoms with E-state index in [1.54, 1.807) is 12.1 Å². The third-order valence-electron chi connectivity index (χ3n) is 6.89. The molecule has 1 saturated heterocycles. The Morgan fingerprint density at radius 3 is 2.51 bits per heavy atom. The van der Waals surface area contributed by atoms with Crippen molar-refractivity contribution in [3.8, 4) is 11.8 Å². The summed E-state index contributed by atoms with van der Waals surface area (Å²) in [6.45, 7) is 6.98. The molecular weight excluding hydrogens is 564 g/mol. The number of amides is 1. The van der Waals surface area contributed by atoms with Gasteiger partial charge in [0.2, 0.25) is 5.95 Å². The van der Waals surface area contributed by atoms with Gasteiger partial charge in [-0.3, -0.25) is 9.69 Å². The lowest BCUT2D eigenvalue weighted by atomic mass is 10.0.